The highest BCUT2D eigenvalue weighted by Gasteiger charge is 2.11. The van der Waals surface area contributed by atoms with Gasteiger partial charge in [0, 0.05) is 19.3 Å². The van der Waals surface area contributed by atoms with Crippen LogP contribution in [0.25, 0.3) is 0 Å². The van der Waals surface area contributed by atoms with E-state index in [9.17, 15) is 0 Å². The number of nitrogens with one attached hydrogen (secondary N) is 1. The van der Waals surface area contributed by atoms with Crippen molar-refractivity contribution in [3.8, 4) is 0 Å². The molecule has 1 atom stereocenters. The van der Waals surface area contributed by atoms with E-state index in [0.29, 0.717) is 6.04 Å². The lowest BCUT2D eigenvalue weighted by molar-refractivity contribution is 0.127. The summed E-state index contributed by atoms with van der Waals surface area (Å²) in [6, 6.07) is 0.590. The molecule has 2 nitrogen and oxygen atoms in total. The van der Waals surface area contributed by atoms with Gasteiger partial charge in [-0.3, -0.25) is 0 Å². The molecular formula is C13H29NO. The molecule has 0 aromatic heterocycles. The Kier molecular flexibility index (Phi) is 9.12. The summed E-state index contributed by atoms with van der Waals surface area (Å²) in [6.45, 7) is 13.9. The second-order valence-electron chi connectivity index (χ2n) is 5.04. The fraction of sp³-hybridized carbons (Fsp3) is 1.00. The van der Waals surface area contributed by atoms with E-state index >= 15 is 0 Å². The Balaban J connectivity index is 3.73. The van der Waals surface area contributed by atoms with Gasteiger partial charge < -0.3 is 10.1 Å². The highest BCUT2D eigenvalue weighted by molar-refractivity contribution is 4.66. The number of rotatable bonds is 9. The van der Waals surface area contributed by atoms with Crippen molar-refractivity contribution in [2.75, 3.05) is 19.8 Å². The van der Waals surface area contributed by atoms with E-state index in [2.05, 4.69) is 39.9 Å². The van der Waals surface area contributed by atoms with Crippen LogP contribution in [-0.2, 0) is 4.74 Å². The Labute approximate surface area is 95.8 Å². The third-order valence-corrected chi connectivity index (χ3v) is 2.49. The summed E-state index contributed by atoms with van der Waals surface area (Å²) in [4.78, 5) is 0. The van der Waals surface area contributed by atoms with E-state index in [1.54, 1.807) is 0 Å². The molecule has 0 aliphatic heterocycles. The van der Waals surface area contributed by atoms with Crippen LogP contribution in [0.3, 0.4) is 0 Å². The van der Waals surface area contributed by atoms with Crippen molar-refractivity contribution < 1.29 is 4.74 Å². The second-order valence-corrected chi connectivity index (χ2v) is 5.04. The van der Waals surface area contributed by atoms with Crippen molar-refractivity contribution in [1.29, 1.82) is 0 Å². The van der Waals surface area contributed by atoms with Gasteiger partial charge in [-0.05, 0) is 38.1 Å². The van der Waals surface area contributed by atoms with E-state index in [1.165, 1.54) is 12.8 Å². The number of hydrogen-bond donors (Lipinski definition) is 1. The molecule has 0 aromatic carbocycles. The maximum Gasteiger partial charge on any atom is 0.0469 e. The van der Waals surface area contributed by atoms with Crippen LogP contribution in [0.15, 0.2) is 0 Å². The summed E-state index contributed by atoms with van der Waals surface area (Å²) in [5, 5.41) is 3.52. The zero-order valence-corrected chi connectivity index (χ0v) is 11.2. The second kappa shape index (κ2) is 9.17. The highest BCUT2D eigenvalue weighted by atomic mass is 16.5. The minimum absolute atomic E-state index is 0.590. The molecule has 1 N–H and O–H groups in total. The molecule has 0 aromatic rings. The Hall–Kier alpha value is -0.0800. The topological polar surface area (TPSA) is 21.3 Å². The standard InChI is InChI=1S/C13H29NO/c1-6-15-8-7-13(9-11(2)3)10-14-12(4)5/h11-14H,6-10H2,1-5H3. The molecule has 15 heavy (non-hydrogen) atoms. The maximum atomic E-state index is 5.42. The smallest absolute Gasteiger partial charge is 0.0469 e. The van der Waals surface area contributed by atoms with Gasteiger partial charge in [-0.2, -0.15) is 0 Å². The van der Waals surface area contributed by atoms with Gasteiger partial charge in [-0.15, -0.1) is 0 Å². The Bertz CT molecular complexity index is 134. The van der Waals surface area contributed by atoms with Crippen molar-refractivity contribution in [2.24, 2.45) is 11.8 Å². The summed E-state index contributed by atoms with van der Waals surface area (Å²) >= 11 is 0. The van der Waals surface area contributed by atoms with E-state index < -0.39 is 0 Å². The molecule has 1 unspecified atom stereocenters. The minimum Gasteiger partial charge on any atom is -0.382 e. The van der Waals surface area contributed by atoms with E-state index in [1.807, 2.05) is 0 Å². The Morgan fingerprint density at radius 3 is 2.27 bits per heavy atom. The average Bonchev–Trinajstić information content (AvgIpc) is 2.13. The summed E-state index contributed by atoms with van der Waals surface area (Å²) < 4.78 is 5.42. The molecule has 0 rings (SSSR count). The zero-order valence-electron chi connectivity index (χ0n) is 11.2. The molecule has 0 spiro atoms. The quantitative estimate of drug-likeness (QED) is 0.597. The summed E-state index contributed by atoms with van der Waals surface area (Å²) in [5.74, 6) is 1.55. The molecule has 2 heteroatoms. The van der Waals surface area contributed by atoms with Gasteiger partial charge in [0.25, 0.3) is 0 Å². The van der Waals surface area contributed by atoms with Gasteiger partial charge in [0.1, 0.15) is 0 Å². The number of ether oxygens (including phenoxy) is 1. The molecular weight excluding hydrogens is 186 g/mol. The van der Waals surface area contributed by atoms with Crippen molar-refractivity contribution in [3.05, 3.63) is 0 Å². The molecule has 0 aliphatic carbocycles. The third-order valence-electron chi connectivity index (χ3n) is 2.49. The van der Waals surface area contributed by atoms with Crippen LogP contribution < -0.4 is 5.32 Å². The molecule has 0 saturated heterocycles. The Morgan fingerprint density at radius 1 is 1.13 bits per heavy atom. The molecule has 92 valence electrons. The lowest BCUT2D eigenvalue weighted by Gasteiger charge is -2.20. The molecule has 0 heterocycles. The van der Waals surface area contributed by atoms with Crippen LogP contribution in [0.4, 0.5) is 0 Å². The van der Waals surface area contributed by atoms with Crippen LogP contribution in [0.2, 0.25) is 0 Å². The lowest BCUT2D eigenvalue weighted by Crippen LogP contribution is -2.30. The molecule has 0 fully saturated rings. The molecule has 0 bridgehead atoms. The largest absolute Gasteiger partial charge is 0.382 e. The predicted octanol–water partition coefficient (Wildman–Crippen LogP) is 3.07. The van der Waals surface area contributed by atoms with Gasteiger partial charge in [-0.1, -0.05) is 27.7 Å². The zero-order chi connectivity index (χ0) is 11.7. The van der Waals surface area contributed by atoms with Crippen LogP contribution in [0.1, 0.15) is 47.5 Å². The minimum atomic E-state index is 0.590. The first-order valence-electron chi connectivity index (χ1n) is 6.37. The SMILES string of the molecule is CCOCCC(CNC(C)C)CC(C)C. The van der Waals surface area contributed by atoms with E-state index in [0.717, 1.165) is 31.6 Å². The van der Waals surface area contributed by atoms with Gasteiger partial charge in [0.15, 0.2) is 0 Å². The summed E-state index contributed by atoms with van der Waals surface area (Å²) in [7, 11) is 0. The fourth-order valence-corrected chi connectivity index (χ4v) is 1.77. The first kappa shape index (κ1) is 14.9. The van der Waals surface area contributed by atoms with Crippen LogP contribution in [0.5, 0.6) is 0 Å². The molecule has 0 amide bonds. The summed E-state index contributed by atoms with van der Waals surface area (Å²) in [5.41, 5.74) is 0. The van der Waals surface area contributed by atoms with Crippen molar-refractivity contribution in [2.45, 2.75) is 53.5 Å². The van der Waals surface area contributed by atoms with Crippen molar-refractivity contribution >= 4 is 0 Å². The first-order chi connectivity index (χ1) is 7.06. The average molecular weight is 215 g/mol. The fourth-order valence-electron chi connectivity index (χ4n) is 1.77. The normalized spacial score (nSPS) is 13.8. The molecule has 0 saturated carbocycles. The van der Waals surface area contributed by atoms with Crippen molar-refractivity contribution in [1.82, 2.24) is 5.32 Å². The van der Waals surface area contributed by atoms with Crippen LogP contribution in [0, 0.1) is 11.8 Å². The summed E-state index contributed by atoms with van der Waals surface area (Å²) in [6.07, 6.45) is 2.48. The van der Waals surface area contributed by atoms with Gasteiger partial charge in [0.05, 0.1) is 0 Å². The third kappa shape index (κ3) is 10.2. The molecule has 0 aliphatic rings. The van der Waals surface area contributed by atoms with E-state index in [-0.39, 0.29) is 0 Å². The van der Waals surface area contributed by atoms with Crippen molar-refractivity contribution in [3.63, 3.8) is 0 Å². The van der Waals surface area contributed by atoms with Gasteiger partial charge in [-0.25, -0.2) is 0 Å². The van der Waals surface area contributed by atoms with E-state index in [4.69, 9.17) is 4.74 Å². The van der Waals surface area contributed by atoms with Gasteiger partial charge in [0.2, 0.25) is 0 Å². The molecule has 0 radical (unpaired) electrons. The van der Waals surface area contributed by atoms with Crippen LogP contribution >= 0.6 is 0 Å². The monoisotopic (exact) mass is 215 g/mol. The number of hydrogen-bond acceptors (Lipinski definition) is 2. The Morgan fingerprint density at radius 2 is 1.80 bits per heavy atom. The van der Waals surface area contributed by atoms with Crippen LogP contribution in [-0.4, -0.2) is 25.8 Å². The highest BCUT2D eigenvalue weighted by Crippen LogP contribution is 2.15. The lowest BCUT2D eigenvalue weighted by atomic mass is 9.94. The first-order valence-corrected chi connectivity index (χ1v) is 6.37. The van der Waals surface area contributed by atoms with Gasteiger partial charge >= 0.3 is 0 Å². The predicted molar refractivity (Wildman–Crippen MR) is 67.2 cm³/mol. The maximum absolute atomic E-state index is 5.42.